The lowest BCUT2D eigenvalue weighted by Crippen LogP contribution is -2.59. The topological polar surface area (TPSA) is 15.7 Å². The van der Waals surface area contributed by atoms with Crippen molar-refractivity contribution in [1.82, 2.24) is 4.90 Å². The second-order valence-corrected chi connectivity index (χ2v) is 7.86. The van der Waals surface area contributed by atoms with Crippen molar-refractivity contribution in [3.05, 3.63) is 52.5 Å². The number of halogens is 1. The van der Waals surface area contributed by atoms with Crippen LogP contribution in [-0.4, -0.2) is 43.3 Å². The van der Waals surface area contributed by atoms with Crippen LogP contribution in [0.25, 0.3) is 0 Å². The maximum Gasteiger partial charge on any atom is 0.125 e. The zero-order valence-corrected chi connectivity index (χ0v) is 14.6. The summed E-state index contributed by atoms with van der Waals surface area (Å²) in [6, 6.07) is 11.2. The van der Waals surface area contributed by atoms with E-state index in [1.165, 1.54) is 10.9 Å². The van der Waals surface area contributed by atoms with E-state index in [-0.39, 0.29) is 11.4 Å². The Labute approximate surface area is 146 Å². The fourth-order valence-corrected chi connectivity index (χ4v) is 4.67. The maximum absolute atomic E-state index is 13.6. The number of morpholine rings is 1. The molecule has 3 heterocycles. The summed E-state index contributed by atoms with van der Waals surface area (Å²) in [5.41, 5.74) is 0.841. The van der Waals surface area contributed by atoms with Crippen LogP contribution in [0.3, 0.4) is 0 Å². The third-order valence-corrected chi connectivity index (χ3v) is 5.86. The third-order valence-electron chi connectivity index (χ3n) is 5.00. The van der Waals surface area contributed by atoms with Gasteiger partial charge in [-0.2, -0.15) is 0 Å². The molecule has 0 radical (unpaired) electrons. The van der Waals surface area contributed by atoms with Crippen molar-refractivity contribution >= 4 is 17.0 Å². The Morgan fingerprint density at radius 2 is 2.12 bits per heavy atom. The summed E-state index contributed by atoms with van der Waals surface area (Å²) >= 11 is 1.82. The molecular formula is C19H23FN2OS. The van der Waals surface area contributed by atoms with Crippen LogP contribution in [-0.2, 0) is 11.3 Å². The van der Waals surface area contributed by atoms with E-state index in [1.54, 1.807) is 12.1 Å². The Hall–Kier alpha value is -1.43. The van der Waals surface area contributed by atoms with Crippen LogP contribution < -0.4 is 4.90 Å². The third kappa shape index (κ3) is 3.48. The molecular weight excluding hydrogens is 323 g/mol. The number of piperidine rings is 1. The van der Waals surface area contributed by atoms with Gasteiger partial charge in [0, 0.05) is 43.3 Å². The summed E-state index contributed by atoms with van der Waals surface area (Å²) in [5.74, 6) is -0.170. The Morgan fingerprint density at radius 1 is 1.17 bits per heavy atom. The molecule has 0 bridgehead atoms. The van der Waals surface area contributed by atoms with Gasteiger partial charge in [0.25, 0.3) is 0 Å². The highest BCUT2D eigenvalue weighted by molar-refractivity contribution is 7.09. The van der Waals surface area contributed by atoms with Gasteiger partial charge in [0.1, 0.15) is 5.82 Å². The van der Waals surface area contributed by atoms with Crippen LogP contribution in [0.1, 0.15) is 17.7 Å². The van der Waals surface area contributed by atoms with Gasteiger partial charge in [0.05, 0.1) is 12.2 Å². The minimum absolute atomic E-state index is 0.125. The van der Waals surface area contributed by atoms with E-state index in [4.69, 9.17) is 4.74 Å². The van der Waals surface area contributed by atoms with E-state index in [0.29, 0.717) is 0 Å². The predicted molar refractivity (Wildman–Crippen MR) is 96.1 cm³/mol. The van der Waals surface area contributed by atoms with Crippen LogP contribution >= 0.6 is 11.3 Å². The Morgan fingerprint density at radius 3 is 2.96 bits per heavy atom. The predicted octanol–water partition coefficient (Wildman–Crippen LogP) is 3.76. The van der Waals surface area contributed by atoms with Crippen molar-refractivity contribution in [2.24, 2.45) is 0 Å². The number of ether oxygens (including phenoxy) is 1. The fraction of sp³-hybridized carbons (Fsp3) is 0.474. The molecule has 2 aliphatic rings. The SMILES string of the molecule is Fc1cccc(N2CCC[C@@]3(CN(Cc4cccs4)CCO3)C2)c1. The summed E-state index contributed by atoms with van der Waals surface area (Å²) in [6.07, 6.45) is 2.17. The zero-order valence-electron chi connectivity index (χ0n) is 13.8. The summed E-state index contributed by atoms with van der Waals surface area (Å²) in [7, 11) is 0. The van der Waals surface area contributed by atoms with Crippen LogP contribution in [0, 0.1) is 5.82 Å². The number of nitrogens with zero attached hydrogens (tertiary/aromatic N) is 2. The first kappa shape index (κ1) is 16.1. The first-order chi connectivity index (χ1) is 11.7. The largest absolute Gasteiger partial charge is 0.370 e. The number of rotatable bonds is 3. The summed E-state index contributed by atoms with van der Waals surface area (Å²) in [4.78, 5) is 6.19. The smallest absolute Gasteiger partial charge is 0.125 e. The summed E-state index contributed by atoms with van der Waals surface area (Å²) in [5, 5.41) is 2.14. The molecule has 0 saturated carbocycles. The quantitative estimate of drug-likeness (QED) is 0.842. The van der Waals surface area contributed by atoms with Gasteiger partial charge < -0.3 is 9.64 Å². The Kier molecular flexibility index (Phi) is 4.57. The highest BCUT2D eigenvalue weighted by atomic mass is 32.1. The molecule has 0 unspecified atom stereocenters. The number of benzene rings is 1. The molecule has 4 rings (SSSR count). The normalized spacial score (nSPS) is 25.3. The Bertz CT molecular complexity index is 674. The summed E-state index contributed by atoms with van der Waals surface area (Å²) in [6.45, 7) is 5.54. The second kappa shape index (κ2) is 6.82. The van der Waals surface area contributed by atoms with E-state index < -0.39 is 0 Å². The van der Waals surface area contributed by atoms with E-state index in [1.807, 2.05) is 17.4 Å². The van der Waals surface area contributed by atoms with Crippen molar-refractivity contribution in [2.75, 3.05) is 37.7 Å². The standard InChI is InChI=1S/C19H23FN2OS/c20-16-4-1-5-17(12-16)22-8-3-7-19(15-22)14-21(9-10-23-19)13-18-6-2-11-24-18/h1-2,4-6,11-12H,3,7-10,13-15H2/t19-/m1/s1. The molecule has 128 valence electrons. The molecule has 0 aliphatic carbocycles. The van der Waals surface area contributed by atoms with Crippen molar-refractivity contribution in [3.8, 4) is 0 Å². The molecule has 3 nitrogen and oxygen atoms in total. The van der Waals surface area contributed by atoms with Gasteiger partial charge >= 0.3 is 0 Å². The van der Waals surface area contributed by atoms with Gasteiger partial charge in [-0.1, -0.05) is 12.1 Å². The van der Waals surface area contributed by atoms with Crippen LogP contribution in [0.15, 0.2) is 41.8 Å². The summed E-state index contributed by atoms with van der Waals surface area (Å²) < 4.78 is 19.8. The lowest BCUT2D eigenvalue weighted by molar-refractivity contribution is -0.116. The van der Waals surface area contributed by atoms with Crippen molar-refractivity contribution in [2.45, 2.75) is 25.0 Å². The monoisotopic (exact) mass is 346 g/mol. The molecule has 2 fully saturated rings. The zero-order chi connectivity index (χ0) is 16.4. The first-order valence-corrected chi connectivity index (χ1v) is 9.50. The van der Waals surface area contributed by atoms with Gasteiger partial charge in [-0.15, -0.1) is 11.3 Å². The fourth-order valence-electron chi connectivity index (χ4n) is 3.92. The minimum atomic E-state index is -0.170. The molecule has 0 N–H and O–H groups in total. The van der Waals surface area contributed by atoms with E-state index >= 15 is 0 Å². The van der Waals surface area contributed by atoms with Crippen LogP contribution in [0.5, 0.6) is 0 Å². The first-order valence-electron chi connectivity index (χ1n) is 8.62. The second-order valence-electron chi connectivity index (χ2n) is 6.83. The number of hydrogen-bond donors (Lipinski definition) is 0. The molecule has 1 aromatic carbocycles. The number of hydrogen-bond acceptors (Lipinski definition) is 4. The van der Waals surface area contributed by atoms with Gasteiger partial charge in [-0.3, -0.25) is 4.90 Å². The van der Waals surface area contributed by atoms with Crippen molar-refractivity contribution in [3.63, 3.8) is 0 Å². The molecule has 0 amide bonds. The average Bonchev–Trinajstić information content (AvgIpc) is 3.08. The highest BCUT2D eigenvalue weighted by Gasteiger charge is 2.40. The van der Waals surface area contributed by atoms with E-state index in [0.717, 1.165) is 57.9 Å². The van der Waals surface area contributed by atoms with Gasteiger partial charge in [-0.25, -0.2) is 4.39 Å². The van der Waals surface area contributed by atoms with Gasteiger partial charge in [0.2, 0.25) is 0 Å². The lowest BCUT2D eigenvalue weighted by Gasteiger charge is -2.48. The van der Waals surface area contributed by atoms with E-state index in [9.17, 15) is 4.39 Å². The van der Waals surface area contributed by atoms with Crippen LogP contribution in [0.2, 0.25) is 0 Å². The lowest BCUT2D eigenvalue weighted by atomic mass is 9.90. The van der Waals surface area contributed by atoms with Crippen molar-refractivity contribution in [1.29, 1.82) is 0 Å². The van der Waals surface area contributed by atoms with Gasteiger partial charge in [0.15, 0.2) is 0 Å². The molecule has 2 saturated heterocycles. The molecule has 1 atom stereocenters. The molecule has 1 aromatic heterocycles. The number of anilines is 1. The van der Waals surface area contributed by atoms with Gasteiger partial charge in [-0.05, 0) is 42.5 Å². The molecule has 1 spiro atoms. The molecule has 24 heavy (non-hydrogen) atoms. The van der Waals surface area contributed by atoms with E-state index in [2.05, 4.69) is 27.3 Å². The maximum atomic E-state index is 13.6. The Balaban J connectivity index is 1.47. The average molecular weight is 346 g/mol. The highest BCUT2D eigenvalue weighted by Crippen LogP contribution is 2.32. The molecule has 2 aliphatic heterocycles. The molecule has 5 heteroatoms. The van der Waals surface area contributed by atoms with Crippen molar-refractivity contribution < 1.29 is 9.13 Å². The number of thiophene rings is 1. The van der Waals surface area contributed by atoms with Crippen LogP contribution in [0.4, 0.5) is 10.1 Å². The molecule has 2 aromatic rings. The minimum Gasteiger partial charge on any atom is -0.370 e.